The molecule has 0 fully saturated rings. The van der Waals surface area contributed by atoms with Gasteiger partial charge < -0.3 is 36.1 Å². The predicted molar refractivity (Wildman–Crippen MR) is 122 cm³/mol. The summed E-state index contributed by atoms with van der Waals surface area (Å²) in [7, 11) is 6.29. The maximum Gasteiger partial charge on any atom is 0.327 e. The van der Waals surface area contributed by atoms with Gasteiger partial charge in [-0.15, -0.1) is 5.26 Å². The molecule has 0 aliphatic carbocycles. The van der Waals surface area contributed by atoms with Crippen molar-refractivity contribution in [3.05, 3.63) is 36.4 Å². The number of benzene rings is 2. The van der Waals surface area contributed by atoms with Gasteiger partial charge in [0.25, 0.3) is 0 Å². The molecule has 0 aromatic heterocycles. The summed E-state index contributed by atoms with van der Waals surface area (Å²) in [6.07, 6.45) is 1.18. The quantitative estimate of drug-likeness (QED) is 0.0700. The molecule has 0 atom stereocenters. The van der Waals surface area contributed by atoms with Gasteiger partial charge >= 0.3 is 6.26 Å². The highest BCUT2D eigenvalue weighted by atomic mass is 17.3. The van der Waals surface area contributed by atoms with E-state index in [9.17, 15) is 0 Å². The average molecular weight is 469 g/mol. The molecule has 0 unspecified atom stereocenters. The standard InChI is InChI=1S/C9H13N3O2.C8H11NO2.CH3N3O3.CH4/c1-13-7-4-3-6(12-9(10)11)5-8(7)14-2;1-10-7-4-3-6(9)5-8(7)11-2;2-1-5-7-4-6-3;/h3-5H,1-2H3,(H4,10,11,12);3-5H,9H2,1-2H3;4H,3H2;1H4. The van der Waals surface area contributed by atoms with Gasteiger partial charge in [0.1, 0.15) is 0 Å². The fourth-order valence-electron chi connectivity index (χ4n) is 1.95. The SMILES string of the molecule is C.COc1ccc(N)cc1OC.COc1ccc(N=C(N)N)cc1OC.N#COONON. The van der Waals surface area contributed by atoms with E-state index in [1.54, 1.807) is 70.5 Å². The van der Waals surface area contributed by atoms with E-state index in [0.29, 0.717) is 34.4 Å². The summed E-state index contributed by atoms with van der Waals surface area (Å²) in [6.45, 7) is 0. The van der Waals surface area contributed by atoms with Crippen molar-refractivity contribution in [2.45, 2.75) is 7.43 Å². The number of anilines is 1. The van der Waals surface area contributed by atoms with Crippen LogP contribution in [0.1, 0.15) is 7.43 Å². The molecule has 184 valence electrons. The molecule has 14 nitrogen and oxygen atoms in total. The van der Waals surface area contributed by atoms with Crippen molar-refractivity contribution in [1.29, 1.82) is 5.26 Å². The maximum atomic E-state index is 7.56. The molecular weight excluding hydrogens is 438 g/mol. The Kier molecular flexibility index (Phi) is 17.5. The molecule has 14 heteroatoms. The number of nitrogens with two attached hydrogens (primary N) is 4. The minimum Gasteiger partial charge on any atom is -0.493 e. The van der Waals surface area contributed by atoms with Crippen molar-refractivity contribution in [2.75, 3.05) is 34.2 Å². The van der Waals surface area contributed by atoms with Crippen LogP contribution in [0.5, 0.6) is 23.0 Å². The summed E-state index contributed by atoms with van der Waals surface area (Å²) in [6, 6.07) is 10.4. The molecule has 0 heterocycles. The Morgan fingerprint density at radius 2 is 1.39 bits per heavy atom. The second-order valence-corrected chi connectivity index (χ2v) is 5.15. The number of hydrogen-bond donors (Lipinski definition) is 5. The lowest BCUT2D eigenvalue weighted by Crippen LogP contribution is -2.21. The van der Waals surface area contributed by atoms with E-state index in [4.69, 9.17) is 41.4 Å². The Morgan fingerprint density at radius 1 is 0.879 bits per heavy atom. The van der Waals surface area contributed by atoms with Gasteiger partial charge in [-0.05, 0) is 29.9 Å². The second-order valence-electron chi connectivity index (χ2n) is 5.15. The number of nitriles is 1. The van der Waals surface area contributed by atoms with Crippen molar-refractivity contribution in [1.82, 2.24) is 5.64 Å². The molecule has 0 amide bonds. The summed E-state index contributed by atoms with van der Waals surface area (Å²) < 4.78 is 20.2. The summed E-state index contributed by atoms with van der Waals surface area (Å²) in [5, 5.41) is 7.56. The lowest BCUT2D eigenvalue weighted by molar-refractivity contribution is -0.366. The Bertz CT molecular complexity index is 872. The molecule has 0 aliphatic rings. The average Bonchev–Trinajstić information content (AvgIpc) is 2.79. The summed E-state index contributed by atoms with van der Waals surface area (Å²) >= 11 is 0. The topological polar surface area (TPSA) is 217 Å². The van der Waals surface area contributed by atoms with Crippen molar-refractivity contribution < 1.29 is 33.8 Å². The number of methoxy groups -OCH3 is 4. The largest absolute Gasteiger partial charge is 0.493 e. The third kappa shape index (κ3) is 13.0. The van der Waals surface area contributed by atoms with Crippen LogP contribution in [0.2, 0.25) is 0 Å². The van der Waals surface area contributed by atoms with Crippen molar-refractivity contribution in [3.8, 4) is 29.3 Å². The van der Waals surface area contributed by atoms with Crippen LogP contribution in [-0.2, 0) is 14.8 Å². The van der Waals surface area contributed by atoms with Gasteiger partial charge in [-0.3, -0.25) is 0 Å². The van der Waals surface area contributed by atoms with Crippen LogP contribution >= 0.6 is 0 Å². The Labute approximate surface area is 192 Å². The zero-order valence-electron chi connectivity index (χ0n) is 18.0. The van der Waals surface area contributed by atoms with Gasteiger partial charge in [-0.25, -0.2) is 9.88 Å². The molecule has 0 saturated carbocycles. The highest BCUT2D eigenvalue weighted by Crippen LogP contribution is 2.31. The van der Waals surface area contributed by atoms with E-state index in [2.05, 4.69) is 25.7 Å². The Hall–Kier alpha value is -4.16. The summed E-state index contributed by atoms with van der Waals surface area (Å²) in [5.41, 5.74) is 18.9. The van der Waals surface area contributed by atoms with E-state index in [-0.39, 0.29) is 13.4 Å². The monoisotopic (exact) mass is 469 g/mol. The molecule has 9 N–H and O–H groups in total. The first-order valence-electron chi connectivity index (χ1n) is 8.48. The third-order valence-electron chi connectivity index (χ3n) is 3.19. The lowest BCUT2D eigenvalue weighted by Gasteiger charge is -2.07. The number of aliphatic imine (C=N–C) groups is 1. The zero-order chi connectivity index (χ0) is 24.4. The molecular formula is C19H31N7O7. The van der Waals surface area contributed by atoms with Crippen molar-refractivity contribution in [2.24, 2.45) is 22.4 Å². The van der Waals surface area contributed by atoms with Crippen LogP contribution in [0, 0.1) is 11.5 Å². The molecule has 0 aliphatic heterocycles. The van der Waals surface area contributed by atoms with E-state index in [0.717, 1.165) is 0 Å². The van der Waals surface area contributed by atoms with Gasteiger partial charge in [0.15, 0.2) is 29.0 Å². The second kappa shape index (κ2) is 18.6. The molecule has 33 heavy (non-hydrogen) atoms. The molecule has 2 aromatic rings. The fourth-order valence-corrected chi connectivity index (χ4v) is 1.95. The molecule has 2 rings (SSSR count). The first kappa shape index (κ1) is 31.0. The van der Waals surface area contributed by atoms with Gasteiger partial charge in [-0.1, -0.05) is 12.4 Å². The number of nitrogen functional groups attached to an aromatic ring is 1. The van der Waals surface area contributed by atoms with Gasteiger partial charge in [0, 0.05) is 17.8 Å². The Balaban J connectivity index is 0. The van der Waals surface area contributed by atoms with Crippen LogP contribution in [0.25, 0.3) is 0 Å². The zero-order valence-corrected chi connectivity index (χ0v) is 18.0. The fraction of sp³-hybridized carbons (Fsp3) is 0.263. The first-order chi connectivity index (χ1) is 15.4. The summed E-state index contributed by atoms with van der Waals surface area (Å²) in [5.74, 6) is 6.94. The summed E-state index contributed by atoms with van der Waals surface area (Å²) in [4.78, 5) is 14.7. The van der Waals surface area contributed by atoms with E-state index in [1.807, 2.05) is 0 Å². The number of rotatable bonds is 8. The van der Waals surface area contributed by atoms with E-state index in [1.165, 1.54) is 6.26 Å². The molecule has 0 radical (unpaired) electrons. The maximum absolute atomic E-state index is 7.56. The van der Waals surface area contributed by atoms with E-state index >= 15 is 0 Å². The number of hydrogen-bond acceptors (Lipinski definition) is 12. The first-order valence-corrected chi connectivity index (χ1v) is 8.48. The van der Waals surface area contributed by atoms with Crippen LogP contribution in [0.3, 0.4) is 0 Å². The van der Waals surface area contributed by atoms with Crippen LogP contribution in [0.15, 0.2) is 41.4 Å². The molecule has 2 aromatic carbocycles. The van der Waals surface area contributed by atoms with Gasteiger partial charge in [0.05, 0.1) is 34.1 Å². The number of guanidine groups is 1. The number of nitrogens with zero attached hydrogens (tertiary/aromatic N) is 2. The highest BCUT2D eigenvalue weighted by molar-refractivity contribution is 5.79. The van der Waals surface area contributed by atoms with Crippen LogP contribution in [-0.4, -0.2) is 34.4 Å². The highest BCUT2D eigenvalue weighted by Gasteiger charge is 2.03. The molecule has 0 spiro atoms. The smallest absolute Gasteiger partial charge is 0.327 e. The minimum atomic E-state index is 0. The van der Waals surface area contributed by atoms with Gasteiger partial charge in [0.2, 0.25) is 0 Å². The molecule has 0 saturated heterocycles. The number of nitrogens with one attached hydrogen (secondary N) is 1. The van der Waals surface area contributed by atoms with Crippen molar-refractivity contribution >= 4 is 17.3 Å². The lowest BCUT2D eigenvalue weighted by atomic mass is 10.3. The van der Waals surface area contributed by atoms with Gasteiger partial charge in [-0.2, -0.15) is 10.8 Å². The van der Waals surface area contributed by atoms with Crippen LogP contribution < -0.4 is 47.7 Å². The minimum absolute atomic E-state index is 0. The van der Waals surface area contributed by atoms with Crippen molar-refractivity contribution in [3.63, 3.8) is 0 Å². The predicted octanol–water partition coefficient (Wildman–Crippen LogP) is 1.26. The van der Waals surface area contributed by atoms with E-state index < -0.39 is 0 Å². The third-order valence-corrected chi connectivity index (χ3v) is 3.19. The van der Waals surface area contributed by atoms with Crippen LogP contribution in [0.4, 0.5) is 11.4 Å². The normalized spacial score (nSPS) is 8.61. The Morgan fingerprint density at radius 3 is 1.85 bits per heavy atom. The number of ether oxygens (including phenoxy) is 4. The molecule has 0 bridgehead atoms.